The molecule has 0 aromatic heterocycles. The van der Waals surface area contributed by atoms with Crippen LogP contribution in [-0.2, 0) is 0 Å². The standard InChI is InChI=1S/C17H16F2O2/c18-17(19)13-5-1-3-11(9-13)16(20)12-4-2-6-15(10-12)21-14-7-8-14/h1-6,9-10,14,16-17,20H,7-8H2. The normalized spacial score (nSPS) is 16.0. The van der Waals surface area contributed by atoms with Crippen molar-refractivity contribution in [1.82, 2.24) is 0 Å². The first kappa shape index (κ1) is 14.0. The Kier molecular flexibility index (Phi) is 3.88. The van der Waals surface area contributed by atoms with Crippen LogP contribution < -0.4 is 4.74 Å². The Morgan fingerprint density at radius 3 is 2.24 bits per heavy atom. The predicted octanol–water partition coefficient (Wildman–Crippen LogP) is 4.25. The van der Waals surface area contributed by atoms with E-state index < -0.39 is 12.5 Å². The van der Waals surface area contributed by atoms with Crippen molar-refractivity contribution in [2.24, 2.45) is 0 Å². The lowest BCUT2D eigenvalue weighted by Gasteiger charge is -2.14. The Hall–Kier alpha value is -1.94. The Bertz CT molecular complexity index is 624. The second-order valence-corrected chi connectivity index (χ2v) is 5.26. The van der Waals surface area contributed by atoms with Crippen molar-refractivity contribution in [1.29, 1.82) is 0 Å². The first-order valence-corrected chi connectivity index (χ1v) is 6.96. The zero-order chi connectivity index (χ0) is 14.8. The van der Waals surface area contributed by atoms with Gasteiger partial charge < -0.3 is 9.84 Å². The van der Waals surface area contributed by atoms with Gasteiger partial charge in [-0.25, -0.2) is 8.78 Å². The van der Waals surface area contributed by atoms with Crippen molar-refractivity contribution in [3.05, 3.63) is 65.2 Å². The maximum absolute atomic E-state index is 12.7. The zero-order valence-electron chi connectivity index (χ0n) is 11.4. The molecule has 1 N–H and O–H groups in total. The molecular weight excluding hydrogens is 274 g/mol. The SMILES string of the molecule is OC(c1cccc(OC2CC2)c1)c1cccc(C(F)F)c1. The summed E-state index contributed by atoms with van der Waals surface area (Å²) in [6, 6.07) is 13.0. The van der Waals surface area contributed by atoms with Crippen LogP contribution in [0.15, 0.2) is 48.5 Å². The van der Waals surface area contributed by atoms with Crippen LogP contribution in [0.1, 0.15) is 42.1 Å². The smallest absolute Gasteiger partial charge is 0.263 e. The fourth-order valence-electron chi connectivity index (χ4n) is 2.19. The summed E-state index contributed by atoms with van der Waals surface area (Å²) in [5.74, 6) is 0.707. The average molecular weight is 290 g/mol. The molecule has 0 radical (unpaired) electrons. The first-order valence-electron chi connectivity index (χ1n) is 6.96. The summed E-state index contributed by atoms with van der Waals surface area (Å²) in [5.41, 5.74) is 1.01. The first-order chi connectivity index (χ1) is 10.1. The molecule has 1 saturated carbocycles. The van der Waals surface area contributed by atoms with Crippen LogP contribution >= 0.6 is 0 Å². The van der Waals surface area contributed by atoms with Gasteiger partial charge in [-0.05, 0) is 42.2 Å². The van der Waals surface area contributed by atoms with E-state index in [2.05, 4.69) is 0 Å². The summed E-state index contributed by atoms with van der Waals surface area (Å²) >= 11 is 0. The molecule has 0 saturated heterocycles. The van der Waals surface area contributed by atoms with Crippen molar-refractivity contribution in [3.63, 3.8) is 0 Å². The fraction of sp³-hybridized carbons (Fsp3) is 0.294. The molecule has 1 fully saturated rings. The molecule has 2 aromatic carbocycles. The molecule has 1 aliphatic carbocycles. The van der Waals surface area contributed by atoms with E-state index in [1.165, 1.54) is 18.2 Å². The highest BCUT2D eigenvalue weighted by Gasteiger charge is 2.23. The van der Waals surface area contributed by atoms with E-state index in [0.29, 0.717) is 16.9 Å². The number of hydrogen-bond donors (Lipinski definition) is 1. The molecule has 1 unspecified atom stereocenters. The molecule has 21 heavy (non-hydrogen) atoms. The number of aliphatic hydroxyl groups excluding tert-OH is 1. The largest absolute Gasteiger partial charge is 0.490 e. The van der Waals surface area contributed by atoms with Crippen LogP contribution in [0.5, 0.6) is 5.75 Å². The Morgan fingerprint density at radius 1 is 0.952 bits per heavy atom. The Morgan fingerprint density at radius 2 is 1.57 bits per heavy atom. The average Bonchev–Trinajstić information content (AvgIpc) is 3.31. The van der Waals surface area contributed by atoms with Crippen LogP contribution in [-0.4, -0.2) is 11.2 Å². The van der Waals surface area contributed by atoms with E-state index in [1.807, 2.05) is 6.07 Å². The lowest BCUT2D eigenvalue weighted by Crippen LogP contribution is -2.02. The molecule has 0 amide bonds. The summed E-state index contributed by atoms with van der Waals surface area (Å²) in [6.07, 6.45) is -1.08. The lowest BCUT2D eigenvalue weighted by molar-refractivity contribution is 0.150. The summed E-state index contributed by atoms with van der Waals surface area (Å²) in [6.45, 7) is 0. The van der Waals surface area contributed by atoms with Gasteiger partial charge in [0.25, 0.3) is 6.43 Å². The Labute approximate surface area is 122 Å². The lowest BCUT2D eigenvalue weighted by atomic mass is 9.99. The van der Waals surface area contributed by atoms with Gasteiger partial charge in [-0.15, -0.1) is 0 Å². The molecule has 0 heterocycles. The molecule has 0 aliphatic heterocycles. The highest BCUT2D eigenvalue weighted by Crippen LogP contribution is 2.31. The number of alkyl halides is 2. The van der Waals surface area contributed by atoms with Gasteiger partial charge in [0.05, 0.1) is 6.10 Å². The van der Waals surface area contributed by atoms with Crippen LogP contribution in [0.3, 0.4) is 0 Å². The third kappa shape index (κ3) is 3.39. The fourth-order valence-corrected chi connectivity index (χ4v) is 2.19. The van der Waals surface area contributed by atoms with E-state index in [9.17, 15) is 13.9 Å². The van der Waals surface area contributed by atoms with Gasteiger partial charge in [0.1, 0.15) is 11.9 Å². The van der Waals surface area contributed by atoms with E-state index in [0.717, 1.165) is 12.8 Å². The van der Waals surface area contributed by atoms with Gasteiger partial charge in [-0.2, -0.15) is 0 Å². The van der Waals surface area contributed by atoms with E-state index >= 15 is 0 Å². The van der Waals surface area contributed by atoms with E-state index in [-0.39, 0.29) is 11.7 Å². The number of rotatable bonds is 5. The van der Waals surface area contributed by atoms with Crippen molar-refractivity contribution >= 4 is 0 Å². The number of hydrogen-bond acceptors (Lipinski definition) is 2. The Balaban J connectivity index is 1.83. The molecule has 2 nitrogen and oxygen atoms in total. The minimum atomic E-state index is -2.54. The third-order valence-corrected chi connectivity index (χ3v) is 3.48. The van der Waals surface area contributed by atoms with Gasteiger partial charge in [0.2, 0.25) is 0 Å². The van der Waals surface area contributed by atoms with Crippen molar-refractivity contribution in [3.8, 4) is 5.75 Å². The second-order valence-electron chi connectivity index (χ2n) is 5.26. The van der Waals surface area contributed by atoms with Crippen LogP contribution in [0.25, 0.3) is 0 Å². The molecule has 2 aromatic rings. The maximum Gasteiger partial charge on any atom is 0.263 e. The van der Waals surface area contributed by atoms with Gasteiger partial charge in [0, 0.05) is 5.56 Å². The predicted molar refractivity (Wildman–Crippen MR) is 75.6 cm³/mol. The highest BCUT2D eigenvalue weighted by molar-refractivity contribution is 5.37. The quantitative estimate of drug-likeness (QED) is 0.892. The molecular formula is C17H16F2O2. The summed E-state index contributed by atoms with van der Waals surface area (Å²) < 4.78 is 31.1. The second kappa shape index (κ2) is 5.82. The molecule has 4 heteroatoms. The van der Waals surface area contributed by atoms with E-state index in [4.69, 9.17) is 4.74 Å². The van der Waals surface area contributed by atoms with Gasteiger partial charge in [-0.3, -0.25) is 0 Å². The minimum Gasteiger partial charge on any atom is -0.490 e. The van der Waals surface area contributed by atoms with Gasteiger partial charge in [0.15, 0.2) is 0 Å². The topological polar surface area (TPSA) is 29.5 Å². The van der Waals surface area contributed by atoms with Crippen LogP contribution in [0, 0.1) is 0 Å². The maximum atomic E-state index is 12.7. The molecule has 0 spiro atoms. The summed E-state index contributed by atoms with van der Waals surface area (Å²) in [4.78, 5) is 0. The van der Waals surface area contributed by atoms with Crippen molar-refractivity contribution in [2.45, 2.75) is 31.5 Å². The van der Waals surface area contributed by atoms with Crippen molar-refractivity contribution < 1.29 is 18.6 Å². The number of aliphatic hydroxyl groups is 1. The van der Waals surface area contributed by atoms with Crippen LogP contribution in [0.4, 0.5) is 8.78 Å². The van der Waals surface area contributed by atoms with Gasteiger partial charge in [-0.1, -0.05) is 30.3 Å². The van der Waals surface area contributed by atoms with Crippen LogP contribution in [0.2, 0.25) is 0 Å². The monoisotopic (exact) mass is 290 g/mol. The third-order valence-electron chi connectivity index (χ3n) is 3.48. The molecule has 110 valence electrons. The molecule has 0 bridgehead atoms. The van der Waals surface area contributed by atoms with Crippen molar-refractivity contribution in [2.75, 3.05) is 0 Å². The number of benzene rings is 2. The minimum absolute atomic E-state index is 0.0862. The summed E-state index contributed by atoms with van der Waals surface area (Å²) in [7, 11) is 0. The highest BCUT2D eigenvalue weighted by atomic mass is 19.3. The molecule has 1 aliphatic rings. The molecule has 3 rings (SSSR count). The zero-order valence-corrected chi connectivity index (χ0v) is 11.4. The van der Waals surface area contributed by atoms with Gasteiger partial charge >= 0.3 is 0 Å². The summed E-state index contributed by atoms with van der Waals surface area (Å²) in [5, 5.41) is 10.4. The number of halogens is 2. The number of ether oxygens (including phenoxy) is 1. The van der Waals surface area contributed by atoms with E-state index in [1.54, 1.807) is 24.3 Å². The molecule has 1 atom stereocenters.